The summed E-state index contributed by atoms with van der Waals surface area (Å²) in [7, 11) is 0. The summed E-state index contributed by atoms with van der Waals surface area (Å²) in [6.07, 6.45) is -0.00995. The van der Waals surface area contributed by atoms with Gasteiger partial charge in [-0.1, -0.05) is 18.2 Å². The highest BCUT2D eigenvalue weighted by atomic mass is 79.9. The third kappa shape index (κ3) is 2.88. The molecule has 0 fully saturated rings. The summed E-state index contributed by atoms with van der Waals surface area (Å²) in [4.78, 5) is 0. The van der Waals surface area contributed by atoms with Gasteiger partial charge in [-0.3, -0.25) is 0 Å². The fraction of sp³-hybridized carbons (Fsp3) is 0.200. The molecule has 0 saturated heterocycles. The fourth-order valence-corrected chi connectivity index (χ4v) is 2.51. The van der Waals surface area contributed by atoms with E-state index in [9.17, 15) is 13.2 Å². The van der Waals surface area contributed by atoms with E-state index in [4.69, 9.17) is 5.73 Å². The first-order chi connectivity index (χ1) is 9.33. The summed E-state index contributed by atoms with van der Waals surface area (Å²) in [5.74, 6) is -1.95. The summed E-state index contributed by atoms with van der Waals surface area (Å²) in [6.45, 7) is 1.48. The number of halogens is 4. The van der Waals surface area contributed by atoms with E-state index >= 15 is 0 Å². The molecule has 20 heavy (non-hydrogen) atoms. The van der Waals surface area contributed by atoms with Crippen LogP contribution in [0.4, 0.5) is 13.2 Å². The Balaban J connectivity index is 2.46. The van der Waals surface area contributed by atoms with Crippen LogP contribution >= 0.6 is 15.9 Å². The van der Waals surface area contributed by atoms with E-state index < -0.39 is 23.0 Å². The molecule has 0 aliphatic heterocycles. The van der Waals surface area contributed by atoms with Crippen molar-refractivity contribution in [2.75, 3.05) is 0 Å². The first-order valence-electron chi connectivity index (χ1n) is 5.99. The molecule has 106 valence electrons. The fourth-order valence-electron chi connectivity index (χ4n) is 2.18. The van der Waals surface area contributed by atoms with Crippen LogP contribution in [0.5, 0.6) is 0 Å². The summed E-state index contributed by atoms with van der Waals surface area (Å²) in [5.41, 5.74) is 4.74. The Morgan fingerprint density at radius 2 is 1.70 bits per heavy atom. The predicted molar refractivity (Wildman–Crippen MR) is 75.7 cm³/mol. The molecule has 0 radical (unpaired) electrons. The van der Waals surface area contributed by atoms with Gasteiger partial charge in [-0.05, 0) is 53.0 Å². The first kappa shape index (κ1) is 15.1. The zero-order valence-corrected chi connectivity index (χ0v) is 12.3. The smallest absolute Gasteiger partial charge is 0.145 e. The average Bonchev–Trinajstić information content (AvgIpc) is 2.37. The molecule has 0 spiro atoms. The number of nitrogens with two attached hydrogens (primary N) is 1. The van der Waals surface area contributed by atoms with Crippen molar-refractivity contribution in [3.8, 4) is 0 Å². The molecule has 0 aromatic heterocycles. The molecule has 2 aromatic rings. The molecule has 0 aliphatic carbocycles. The van der Waals surface area contributed by atoms with Crippen LogP contribution in [0.1, 0.15) is 18.1 Å². The zero-order chi connectivity index (χ0) is 14.9. The van der Waals surface area contributed by atoms with Crippen molar-refractivity contribution < 1.29 is 13.2 Å². The Morgan fingerprint density at radius 1 is 1.05 bits per heavy atom. The van der Waals surface area contributed by atoms with Crippen molar-refractivity contribution in [2.45, 2.75) is 18.9 Å². The van der Waals surface area contributed by atoms with Gasteiger partial charge in [0, 0.05) is 11.1 Å². The second-order valence-corrected chi connectivity index (χ2v) is 5.76. The van der Waals surface area contributed by atoms with Crippen LogP contribution in [0.2, 0.25) is 0 Å². The van der Waals surface area contributed by atoms with Crippen LogP contribution in [-0.4, -0.2) is 0 Å². The molecule has 2 N–H and O–H groups in total. The predicted octanol–water partition coefficient (Wildman–Crippen LogP) is 4.28. The topological polar surface area (TPSA) is 26.0 Å². The minimum atomic E-state index is -1.36. The number of benzene rings is 2. The van der Waals surface area contributed by atoms with Crippen molar-refractivity contribution in [3.63, 3.8) is 0 Å². The maximum atomic E-state index is 14.1. The van der Waals surface area contributed by atoms with Crippen LogP contribution in [0.15, 0.2) is 40.9 Å². The molecule has 0 saturated carbocycles. The van der Waals surface area contributed by atoms with E-state index in [1.165, 1.54) is 19.1 Å². The SMILES string of the molecule is CC(N)(Cc1ccccc1F)c1c(F)ccc(Br)c1F. The van der Waals surface area contributed by atoms with E-state index in [1.807, 2.05) is 0 Å². The minimum Gasteiger partial charge on any atom is -0.321 e. The summed E-state index contributed by atoms with van der Waals surface area (Å²) in [6, 6.07) is 8.45. The first-order valence-corrected chi connectivity index (χ1v) is 6.78. The molecule has 0 heterocycles. The quantitative estimate of drug-likeness (QED) is 0.827. The lowest BCUT2D eigenvalue weighted by Gasteiger charge is -2.27. The van der Waals surface area contributed by atoms with Crippen LogP contribution in [0, 0.1) is 17.5 Å². The summed E-state index contributed by atoms with van der Waals surface area (Å²) in [5, 5.41) is 0. The maximum Gasteiger partial charge on any atom is 0.145 e. The van der Waals surface area contributed by atoms with Crippen LogP contribution in [-0.2, 0) is 12.0 Å². The monoisotopic (exact) mass is 343 g/mol. The van der Waals surface area contributed by atoms with Gasteiger partial charge in [0.15, 0.2) is 0 Å². The Bertz CT molecular complexity index is 641. The Kier molecular flexibility index (Phi) is 4.20. The summed E-state index contributed by atoms with van der Waals surface area (Å²) < 4.78 is 41.8. The van der Waals surface area contributed by atoms with E-state index in [1.54, 1.807) is 18.2 Å². The molecule has 2 rings (SSSR count). The third-order valence-electron chi connectivity index (χ3n) is 3.13. The zero-order valence-electron chi connectivity index (χ0n) is 10.8. The van der Waals surface area contributed by atoms with Gasteiger partial charge in [-0.15, -0.1) is 0 Å². The molecule has 5 heteroatoms. The van der Waals surface area contributed by atoms with Gasteiger partial charge in [0.05, 0.1) is 4.47 Å². The van der Waals surface area contributed by atoms with E-state index in [0.717, 1.165) is 6.07 Å². The highest BCUT2D eigenvalue weighted by Crippen LogP contribution is 2.31. The van der Waals surface area contributed by atoms with E-state index in [2.05, 4.69) is 15.9 Å². The lowest BCUT2D eigenvalue weighted by atomic mass is 9.85. The van der Waals surface area contributed by atoms with Crippen molar-refractivity contribution in [1.29, 1.82) is 0 Å². The van der Waals surface area contributed by atoms with Crippen LogP contribution in [0.25, 0.3) is 0 Å². The Morgan fingerprint density at radius 3 is 2.35 bits per heavy atom. The molecule has 1 nitrogen and oxygen atoms in total. The molecule has 0 amide bonds. The van der Waals surface area contributed by atoms with Crippen molar-refractivity contribution in [3.05, 3.63) is 69.4 Å². The number of rotatable bonds is 3. The van der Waals surface area contributed by atoms with Crippen molar-refractivity contribution in [1.82, 2.24) is 0 Å². The molecule has 2 aromatic carbocycles. The second-order valence-electron chi connectivity index (χ2n) is 4.90. The third-order valence-corrected chi connectivity index (χ3v) is 3.74. The highest BCUT2D eigenvalue weighted by molar-refractivity contribution is 9.10. The average molecular weight is 344 g/mol. The van der Waals surface area contributed by atoms with Gasteiger partial charge in [-0.2, -0.15) is 0 Å². The lowest BCUT2D eigenvalue weighted by molar-refractivity contribution is 0.416. The molecular formula is C15H13BrF3N. The van der Waals surface area contributed by atoms with E-state index in [0.29, 0.717) is 5.56 Å². The Labute approximate surface area is 123 Å². The Hall–Kier alpha value is -1.33. The van der Waals surface area contributed by atoms with Gasteiger partial charge in [0.1, 0.15) is 17.5 Å². The highest BCUT2D eigenvalue weighted by Gasteiger charge is 2.30. The number of hydrogen-bond acceptors (Lipinski definition) is 1. The maximum absolute atomic E-state index is 14.1. The largest absolute Gasteiger partial charge is 0.321 e. The lowest BCUT2D eigenvalue weighted by Crippen LogP contribution is -2.38. The molecule has 1 atom stereocenters. The number of hydrogen-bond donors (Lipinski definition) is 1. The minimum absolute atomic E-state index is 0.00995. The molecule has 0 aliphatic rings. The molecular weight excluding hydrogens is 331 g/mol. The van der Waals surface area contributed by atoms with Gasteiger partial charge in [-0.25, -0.2) is 13.2 Å². The van der Waals surface area contributed by atoms with Gasteiger partial charge >= 0.3 is 0 Å². The van der Waals surface area contributed by atoms with Crippen LogP contribution in [0.3, 0.4) is 0 Å². The van der Waals surface area contributed by atoms with Crippen molar-refractivity contribution >= 4 is 15.9 Å². The summed E-state index contributed by atoms with van der Waals surface area (Å²) >= 11 is 3.00. The standard InChI is InChI=1S/C15H13BrF3N/c1-15(20,8-9-4-2-3-5-11(9)17)13-12(18)7-6-10(16)14(13)19/h2-7H,8,20H2,1H3. The molecule has 1 unspecified atom stereocenters. The van der Waals surface area contributed by atoms with Crippen molar-refractivity contribution in [2.24, 2.45) is 5.73 Å². The molecule has 0 bridgehead atoms. The van der Waals surface area contributed by atoms with E-state index in [-0.39, 0.29) is 16.5 Å². The van der Waals surface area contributed by atoms with Gasteiger partial charge < -0.3 is 5.73 Å². The normalized spacial score (nSPS) is 14.1. The van der Waals surface area contributed by atoms with Gasteiger partial charge in [0.25, 0.3) is 0 Å². The van der Waals surface area contributed by atoms with Crippen LogP contribution < -0.4 is 5.73 Å². The van der Waals surface area contributed by atoms with Gasteiger partial charge in [0.2, 0.25) is 0 Å². The second kappa shape index (κ2) is 5.58.